The number of hydrogen-bond acceptors (Lipinski definition) is 7. The molecule has 0 N–H and O–H groups in total. The number of likely N-dealkylation sites (tertiary alicyclic amines) is 3. The van der Waals surface area contributed by atoms with Gasteiger partial charge < -0.3 is 19.4 Å². The topological polar surface area (TPSA) is 76.6 Å². The fourth-order valence-corrected chi connectivity index (χ4v) is 8.60. The molecule has 3 fully saturated rings. The Morgan fingerprint density at radius 3 is 2.02 bits per heavy atom. The summed E-state index contributed by atoms with van der Waals surface area (Å²) in [5.74, 6) is 1.52. The Morgan fingerprint density at radius 1 is 0.900 bits per heavy atom. The van der Waals surface area contributed by atoms with Crippen molar-refractivity contribution in [1.29, 1.82) is 0 Å². The van der Waals surface area contributed by atoms with Crippen LogP contribution in [0.3, 0.4) is 0 Å². The maximum absolute atomic E-state index is 13.3. The zero-order chi connectivity index (χ0) is 29.0. The third-order valence-electron chi connectivity index (χ3n) is 9.30. The molecule has 0 spiro atoms. The van der Waals surface area contributed by atoms with Gasteiger partial charge >= 0.3 is 0 Å². The number of ether oxygens (including phenoxy) is 1. The minimum atomic E-state index is -3.70. The number of methoxy groups -OCH3 is 1. The van der Waals surface area contributed by atoms with E-state index in [9.17, 15) is 13.2 Å². The van der Waals surface area contributed by atoms with E-state index in [1.807, 2.05) is 4.90 Å². The van der Waals surface area contributed by atoms with Crippen LogP contribution < -0.4 is 4.74 Å². The summed E-state index contributed by atoms with van der Waals surface area (Å²) in [6.07, 6.45) is 6.26. The van der Waals surface area contributed by atoms with Gasteiger partial charge in [0.25, 0.3) is 0 Å². The second-order valence-corrected chi connectivity index (χ2v) is 14.4. The molecule has 1 unspecified atom stereocenters. The van der Waals surface area contributed by atoms with E-state index >= 15 is 0 Å². The monoisotopic (exact) mass is 577 g/mol. The minimum Gasteiger partial charge on any atom is -0.497 e. The van der Waals surface area contributed by atoms with E-state index in [4.69, 9.17) is 4.74 Å². The molecule has 9 nitrogen and oxygen atoms in total. The zero-order valence-corrected chi connectivity index (χ0v) is 26.4. The fourth-order valence-electron chi connectivity index (χ4n) is 7.02. The molecule has 1 aromatic rings. The van der Waals surface area contributed by atoms with Crippen LogP contribution in [0.2, 0.25) is 0 Å². The Balaban J connectivity index is 1.21. The second kappa shape index (κ2) is 13.5. The molecule has 3 saturated heterocycles. The lowest BCUT2D eigenvalue weighted by molar-refractivity contribution is -0.130. The first kappa shape index (κ1) is 31.2. The normalized spacial score (nSPS) is 22.5. The molecule has 0 aliphatic carbocycles. The van der Waals surface area contributed by atoms with Gasteiger partial charge in [0.15, 0.2) is 0 Å². The van der Waals surface area contributed by atoms with Gasteiger partial charge in [0.05, 0.1) is 12.0 Å². The van der Waals surface area contributed by atoms with Crippen LogP contribution in [0.5, 0.6) is 5.75 Å². The third-order valence-corrected chi connectivity index (χ3v) is 11.5. The number of carbonyl (C=O) groups excluding carboxylic acids is 1. The average molecular weight is 578 g/mol. The van der Waals surface area contributed by atoms with Crippen LogP contribution in [0.25, 0.3) is 0 Å². The van der Waals surface area contributed by atoms with E-state index < -0.39 is 10.0 Å². The lowest BCUT2D eigenvalue weighted by atomic mass is 9.93. The quantitative estimate of drug-likeness (QED) is 0.423. The van der Waals surface area contributed by atoms with Crippen molar-refractivity contribution in [3.05, 3.63) is 23.3 Å². The Kier molecular flexibility index (Phi) is 10.5. The predicted molar refractivity (Wildman–Crippen MR) is 159 cm³/mol. The van der Waals surface area contributed by atoms with Crippen molar-refractivity contribution < 1.29 is 17.9 Å². The van der Waals surface area contributed by atoms with Crippen LogP contribution >= 0.6 is 0 Å². The number of sulfonamides is 1. The lowest BCUT2D eigenvalue weighted by Crippen LogP contribution is -2.51. The number of rotatable bonds is 10. The molecule has 1 aromatic carbocycles. The smallest absolute Gasteiger partial charge is 0.243 e. The summed E-state index contributed by atoms with van der Waals surface area (Å²) in [4.78, 5) is 22.9. The summed E-state index contributed by atoms with van der Waals surface area (Å²) < 4.78 is 33.2. The SMILES string of the molecule is COc1cc(C)c(S(=O)(=O)N(C)CCC(=O)N2CCC(N3CCC(N4CCC(CN(C)C)CC4)CC3)C2)c(C)c1. The summed E-state index contributed by atoms with van der Waals surface area (Å²) in [7, 11) is 3.78. The Bertz CT molecular complexity index is 1090. The van der Waals surface area contributed by atoms with Crippen molar-refractivity contribution in [2.45, 2.75) is 69.4 Å². The maximum atomic E-state index is 13.3. The fraction of sp³-hybridized carbons (Fsp3) is 0.767. The highest BCUT2D eigenvalue weighted by Gasteiger charge is 2.35. The van der Waals surface area contributed by atoms with Gasteiger partial charge in [-0.25, -0.2) is 12.7 Å². The van der Waals surface area contributed by atoms with Gasteiger partial charge in [-0.2, -0.15) is 0 Å². The summed E-state index contributed by atoms with van der Waals surface area (Å²) >= 11 is 0. The Hall–Kier alpha value is -1.72. The molecule has 1 amide bonds. The number of nitrogens with zero attached hydrogens (tertiary/aromatic N) is 5. The number of hydrogen-bond donors (Lipinski definition) is 0. The van der Waals surface area contributed by atoms with Crippen molar-refractivity contribution in [2.75, 3.05) is 80.6 Å². The van der Waals surface area contributed by atoms with E-state index in [1.165, 1.54) is 49.6 Å². The first-order valence-corrected chi connectivity index (χ1v) is 16.5. The van der Waals surface area contributed by atoms with Gasteiger partial charge in [-0.15, -0.1) is 0 Å². The maximum Gasteiger partial charge on any atom is 0.243 e. The van der Waals surface area contributed by atoms with Crippen LogP contribution in [0.15, 0.2) is 17.0 Å². The van der Waals surface area contributed by atoms with Gasteiger partial charge in [0.1, 0.15) is 5.75 Å². The summed E-state index contributed by atoms with van der Waals surface area (Å²) in [6, 6.07) is 4.59. The molecule has 10 heteroatoms. The molecule has 0 bridgehead atoms. The second-order valence-electron chi connectivity index (χ2n) is 12.5. The van der Waals surface area contributed by atoms with Gasteiger partial charge in [0.2, 0.25) is 15.9 Å². The molecule has 3 heterocycles. The number of carbonyl (C=O) groups is 1. The van der Waals surface area contributed by atoms with Crippen molar-refractivity contribution >= 4 is 15.9 Å². The van der Waals surface area contributed by atoms with Gasteiger partial charge in [-0.3, -0.25) is 9.69 Å². The van der Waals surface area contributed by atoms with E-state index in [0.29, 0.717) is 33.9 Å². The number of amides is 1. The lowest BCUT2D eigenvalue weighted by Gasteiger charge is -2.43. The van der Waals surface area contributed by atoms with Crippen LogP contribution in [0.1, 0.15) is 49.7 Å². The molecule has 4 rings (SSSR count). The van der Waals surface area contributed by atoms with Crippen LogP contribution in [-0.2, 0) is 14.8 Å². The Labute approximate surface area is 242 Å². The zero-order valence-electron chi connectivity index (χ0n) is 25.6. The molecule has 1 atom stereocenters. The van der Waals surface area contributed by atoms with Crippen molar-refractivity contribution in [3.8, 4) is 5.75 Å². The summed E-state index contributed by atoms with van der Waals surface area (Å²) in [5, 5.41) is 0. The molecule has 226 valence electrons. The Morgan fingerprint density at radius 2 is 1.45 bits per heavy atom. The molecular formula is C30H51N5O4S. The van der Waals surface area contributed by atoms with Crippen molar-refractivity contribution in [1.82, 2.24) is 23.9 Å². The number of aryl methyl sites for hydroxylation is 2. The van der Waals surface area contributed by atoms with E-state index in [0.717, 1.165) is 38.5 Å². The van der Waals surface area contributed by atoms with Gasteiger partial charge in [0, 0.05) is 51.7 Å². The standard InChI is InChI=1S/C30H51N5O4S/c1-23-19-28(39-6)20-24(2)30(23)40(37,38)32(5)13-12-29(36)35-18-11-27(22-35)34-16-9-26(10-17-34)33-14-7-25(8-15-33)21-31(3)4/h19-20,25-27H,7-18,21-22H2,1-6H3. The minimum absolute atomic E-state index is 0.0446. The first-order valence-electron chi connectivity index (χ1n) is 15.0. The largest absolute Gasteiger partial charge is 0.497 e. The molecule has 3 aliphatic heterocycles. The molecule has 0 radical (unpaired) electrons. The molecule has 0 saturated carbocycles. The molecule has 0 aromatic heterocycles. The van der Waals surface area contributed by atoms with Gasteiger partial charge in [-0.05, 0) is 115 Å². The molecular weight excluding hydrogens is 526 g/mol. The predicted octanol–water partition coefficient (Wildman–Crippen LogP) is 2.66. The highest BCUT2D eigenvalue weighted by Crippen LogP contribution is 2.29. The van der Waals surface area contributed by atoms with Crippen molar-refractivity contribution in [2.24, 2.45) is 5.92 Å². The van der Waals surface area contributed by atoms with Crippen LogP contribution in [0.4, 0.5) is 0 Å². The van der Waals surface area contributed by atoms with Crippen LogP contribution in [-0.4, -0.2) is 131 Å². The van der Waals surface area contributed by atoms with E-state index in [2.05, 4.69) is 28.8 Å². The summed E-state index contributed by atoms with van der Waals surface area (Å²) in [6.45, 7) is 11.1. The number of piperidine rings is 2. The van der Waals surface area contributed by atoms with E-state index in [-0.39, 0.29) is 18.9 Å². The van der Waals surface area contributed by atoms with E-state index in [1.54, 1.807) is 40.1 Å². The highest BCUT2D eigenvalue weighted by atomic mass is 32.2. The summed E-state index contributed by atoms with van der Waals surface area (Å²) in [5.41, 5.74) is 1.30. The first-order chi connectivity index (χ1) is 19.0. The molecule has 3 aliphatic rings. The average Bonchev–Trinajstić information content (AvgIpc) is 3.41. The molecule has 40 heavy (non-hydrogen) atoms. The number of benzene rings is 1. The van der Waals surface area contributed by atoms with Crippen LogP contribution in [0, 0.1) is 19.8 Å². The van der Waals surface area contributed by atoms with Gasteiger partial charge in [-0.1, -0.05) is 0 Å². The van der Waals surface area contributed by atoms with Crippen molar-refractivity contribution in [3.63, 3.8) is 0 Å². The third kappa shape index (κ3) is 7.37. The highest BCUT2D eigenvalue weighted by molar-refractivity contribution is 7.89.